The van der Waals surface area contributed by atoms with Crippen molar-refractivity contribution in [3.8, 4) is 0 Å². The molecule has 0 saturated carbocycles. The standard InChI is InChI=1S/C18H25FN2O5S/c1-14(2)3-8-18(23)26-13-17(22)20-9-11-21(12-10-20)27(24,25)16-6-4-15(19)5-7-16/h4-7,14H,3,8-13H2,1-2H3. The number of benzene rings is 1. The minimum atomic E-state index is -3.73. The highest BCUT2D eigenvalue weighted by Crippen LogP contribution is 2.18. The molecule has 7 nitrogen and oxygen atoms in total. The molecule has 0 atom stereocenters. The van der Waals surface area contributed by atoms with Gasteiger partial charge in [-0.2, -0.15) is 4.31 Å². The molecular formula is C18H25FN2O5S. The summed E-state index contributed by atoms with van der Waals surface area (Å²) in [5.74, 6) is -0.877. The molecule has 1 saturated heterocycles. The Hall–Kier alpha value is -2.00. The molecule has 9 heteroatoms. The van der Waals surface area contributed by atoms with E-state index in [0.29, 0.717) is 12.3 Å². The fraction of sp³-hybridized carbons (Fsp3) is 0.556. The van der Waals surface area contributed by atoms with Crippen LogP contribution in [0.4, 0.5) is 4.39 Å². The van der Waals surface area contributed by atoms with Gasteiger partial charge in [0.05, 0.1) is 4.90 Å². The number of carbonyl (C=O) groups excluding carboxylic acids is 2. The fourth-order valence-corrected chi connectivity index (χ4v) is 4.07. The maximum atomic E-state index is 13.0. The molecule has 0 unspecified atom stereocenters. The van der Waals surface area contributed by atoms with Crippen LogP contribution in [-0.4, -0.2) is 62.3 Å². The second-order valence-corrected chi connectivity index (χ2v) is 8.77. The highest BCUT2D eigenvalue weighted by atomic mass is 32.2. The molecule has 1 aliphatic rings. The number of nitrogens with zero attached hydrogens (tertiary/aromatic N) is 2. The summed E-state index contributed by atoms with van der Waals surface area (Å²) in [6, 6.07) is 4.64. The zero-order valence-electron chi connectivity index (χ0n) is 15.6. The lowest BCUT2D eigenvalue weighted by atomic mass is 10.1. The van der Waals surface area contributed by atoms with Gasteiger partial charge in [0.2, 0.25) is 10.0 Å². The van der Waals surface area contributed by atoms with Gasteiger partial charge in [-0.15, -0.1) is 0 Å². The SMILES string of the molecule is CC(C)CCC(=O)OCC(=O)N1CCN(S(=O)(=O)c2ccc(F)cc2)CC1. The molecule has 27 heavy (non-hydrogen) atoms. The summed E-state index contributed by atoms with van der Waals surface area (Å²) in [5, 5.41) is 0. The van der Waals surface area contributed by atoms with E-state index in [-0.39, 0.29) is 50.0 Å². The maximum absolute atomic E-state index is 13.0. The molecule has 1 heterocycles. The highest BCUT2D eigenvalue weighted by Gasteiger charge is 2.30. The van der Waals surface area contributed by atoms with E-state index in [1.54, 1.807) is 0 Å². The summed E-state index contributed by atoms with van der Waals surface area (Å²) in [7, 11) is -3.73. The van der Waals surface area contributed by atoms with Gasteiger partial charge in [-0.3, -0.25) is 9.59 Å². The summed E-state index contributed by atoms with van der Waals surface area (Å²) in [6.07, 6.45) is 0.974. The Labute approximate surface area is 159 Å². The third-order valence-electron chi connectivity index (χ3n) is 4.33. The topological polar surface area (TPSA) is 84.0 Å². The number of piperazine rings is 1. The van der Waals surface area contributed by atoms with E-state index in [9.17, 15) is 22.4 Å². The van der Waals surface area contributed by atoms with Crippen molar-refractivity contribution in [3.05, 3.63) is 30.1 Å². The number of amides is 1. The second kappa shape index (κ2) is 9.27. The van der Waals surface area contributed by atoms with Crippen LogP contribution < -0.4 is 0 Å². The fourth-order valence-electron chi connectivity index (χ4n) is 2.65. The van der Waals surface area contributed by atoms with Crippen molar-refractivity contribution in [1.29, 1.82) is 0 Å². The van der Waals surface area contributed by atoms with Crippen molar-refractivity contribution in [2.45, 2.75) is 31.6 Å². The van der Waals surface area contributed by atoms with E-state index in [2.05, 4.69) is 0 Å². The van der Waals surface area contributed by atoms with Gasteiger partial charge in [-0.25, -0.2) is 12.8 Å². The van der Waals surface area contributed by atoms with Crippen molar-refractivity contribution >= 4 is 21.9 Å². The molecule has 0 radical (unpaired) electrons. The Morgan fingerprint density at radius 2 is 1.70 bits per heavy atom. The molecule has 150 valence electrons. The van der Waals surface area contributed by atoms with Gasteiger partial charge in [0, 0.05) is 32.6 Å². The Balaban J connectivity index is 1.83. The summed E-state index contributed by atoms with van der Waals surface area (Å²) in [4.78, 5) is 25.2. The van der Waals surface area contributed by atoms with Crippen LogP contribution in [0.25, 0.3) is 0 Å². The molecular weight excluding hydrogens is 375 g/mol. The second-order valence-electron chi connectivity index (χ2n) is 6.83. The minimum Gasteiger partial charge on any atom is -0.456 e. The lowest BCUT2D eigenvalue weighted by Gasteiger charge is -2.33. The van der Waals surface area contributed by atoms with E-state index in [0.717, 1.165) is 12.1 Å². The van der Waals surface area contributed by atoms with Crippen molar-refractivity contribution in [2.75, 3.05) is 32.8 Å². The number of halogens is 1. The Bertz CT molecular complexity index is 756. The molecule has 0 N–H and O–H groups in total. The molecule has 0 bridgehead atoms. The number of carbonyl (C=O) groups is 2. The van der Waals surface area contributed by atoms with Crippen molar-refractivity contribution in [1.82, 2.24) is 9.21 Å². The predicted molar refractivity (Wildman–Crippen MR) is 96.8 cm³/mol. The molecule has 1 fully saturated rings. The van der Waals surface area contributed by atoms with Crippen LogP contribution in [0.3, 0.4) is 0 Å². The van der Waals surface area contributed by atoms with Gasteiger partial charge in [-0.05, 0) is 36.6 Å². The Kier molecular flexibility index (Phi) is 7.32. The molecule has 1 amide bonds. The van der Waals surface area contributed by atoms with Crippen LogP contribution in [-0.2, 0) is 24.3 Å². The van der Waals surface area contributed by atoms with E-state index in [1.165, 1.54) is 21.3 Å². The van der Waals surface area contributed by atoms with Gasteiger partial charge < -0.3 is 9.64 Å². The number of ether oxygens (including phenoxy) is 1. The minimum absolute atomic E-state index is 0.0164. The number of sulfonamides is 1. The lowest BCUT2D eigenvalue weighted by molar-refractivity contribution is -0.152. The van der Waals surface area contributed by atoms with Crippen LogP contribution in [0, 0.1) is 11.7 Å². The normalized spacial score (nSPS) is 15.8. The van der Waals surface area contributed by atoms with E-state index in [1.807, 2.05) is 13.8 Å². The number of rotatable bonds is 7. The third kappa shape index (κ3) is 6.00. The maximum Gasteiger partial charge on any atom is 0.306 e. The summed E-state index contributed by atoms with van der Waals surface area (Å²) >= 11 is 0. The summed E-state index contributed by atoms with van der Waals surface area (Å²) in [6.45, 7) is 4.35. The van der Waals surface area contributed by atoms with Gasteiger partial charge in [-0.1, -0.05) is 13.8 Å². The molecule has 1 aromatic carbocycles. The van der Waals surface area contributed by atoms with E-state index in [4.69, 9.17) is 4.74 Å². The van der Waals surface area contributed by atoms with Gasteiger partial charge >= 0.3 is 5.97 Å². The van der Waals surface area contributed by atoms with Gasteiger partial charge in [0.1, 0.15) is 5.82 Å². The van der Waals surface area contributed by atoms with Crippen molar-refractivity contribution in [3.63, 3.8) is 0 Å². The first-order chi connectivity index (χ1) is 12.7. The molecule has 1 aliphatic heterocycles. The quantitative estimate of drug-likeness (QED) is 0.650. The molecule has 0 aliphatic carbocycles. The van der Waals surface area contributed by atoms with Crippen LogP contribution in [0.15, 0.2) is 29.2 Å². The zero-order chi connectivity index (χ0) is 20.0. The van der Waals surface area contributed by atoms with Gasteiger partial charge in [0.25, 0.3) is 5.91 Å². The number of hydrogen-bond acceptors (Lipinski definition) is 5. The predicted octanol–water partition coefficient (Wildman–Crippen LogP) is 1.64. The first-order valence-corrected chi connectivity index (χ1v) is 10.3. The first kappa shape index (κ1) is 21.3. The Morgan fingerprint density at radius 3 is 2.26 bits per heavy atom. The molecule has 0 spiro atoms. The largest absolute Gasteiger partial charge is 0.456 e. The van der Waals surface area contributed by atoms with Crippen LogP contribution in [0.1, 0.15) is 26.7 Å². The lowest BCUT2D eigenvalue weighted by Crippen LogP contribution is -2.51. The van der Waals surface area contributed by atoms with Crippen LogP contribution in [0.5, 0.6) is 0 Å². The Morgan fingerprint density at radius 1 is 1.11 bits per heavy atom. The third-order valence-corrected chi connectivity index (χ3v) is 6.24. The summed E-state index contributed by atoms with van der Waals surface area (Å²) in [5.41, 5.74) is 0. The average Bonchev–Trinajstić information content (AvgIpc) is 2.64. The number of hydrogen-bond donors (Lipinski definition) is 0. The first-order valence-electron chi connectivity index (χ1n) is 8.89. The highest BCUT2D eigenvalue weighted by molar-refractivity contribution is 7.89. The van der Waals surface area contributed by atoms with E-state index < -0.39 is 21.8 Å². The molecule has 1 aromatic rings. The van der Waals surface area contributed by atoms with E-state index >= 15 is 0 Å². The smallest absolute Gasteiger partial charge is 0.306 e. The van der Waals surface area contributed by atoms with Crippen molar-refractivity contribution in [2.24, 2.45) is 5.92 Å². The average molecular weight is 400 g/mol. The monoisotopic (exact) mass is 400 g/mol. The molecule has 0 aromatic heterocycles. The zero-order valence-corrected chi connectivity index (χ0v) is 16.4. The van der Waals surface area contributed by atoms with Gasteiger partial charge in [0.15, 0.2) is 6.61 Å². The van der Waals surface area contributed by atoms with Crippen LogP contribution >= 0.6 is 0 Å². The summed E-state index contributed by atoms with van der Waals surface area (Å²) < 4.78 is 44.3. The molecule has 2 rings (SSSR count). The number of esters is 1. The van der Waals surface area contributed by atoms with Crippen LogP contribution in [0.2, 0.25) is 0 Å². The van der Waals surface area contributed by atoms with Crippen molar-refractivity contribution < 1.29 is 27.1 Å².